The van der Waals surface area contributed by atoms with E-state index in [1.165, 1.54) is 5.57 Å². The molecule has 0 saturated heterocycles. The van der Waals surface area contributed by atoms with Crippen LogP contribution in [0.25, 0.3) is 0 Å². The number of nitrogens with two attached hydrogens (primary N) is 1. The largest absolute Gasteiger partial charge is 0.384 e. The third kappa shape index (κ3) is 1.00. The molecule has 1 heterocycles. The zero-order chi connectivity index (χ0) is 6.85. The summed E-state index contributed by atoms with van der Waals surface area (Å²) in [5.41, 5.74) is 12.7. The Kier molecular flexibility index (Phi) is 1.62. The molecule has 0 spiro atoms. The number of hydrogen-bond acceptors (Lipinski definition) is 3. The lowest BCUT2D eigenvalue weighted by Crippen LogP contribution is -2.33. The van der Waals surface area contributed by atoms with Gasteiger partial charge in [0.15, 0.2) is 0 Å². The van der Waals surface area contributed by atoms with Crippen molar-refractivity contribution in [3.8, 4) is 0 Å². The maximum Gasteiger partial charge on any atom is 0.111 e. The van der Waals surface area contributed by atoms with Gasteiger partial charge in [0.05, 0.1) is 6.04 Å². The van der Waals surface area contributed by atoms with Crippen molar-refractivity contribution < 1.29 is 0 Å². The van der Waals surface area contributed by atoms with Crippen LogP contribution in [0.2, 0.25) is 0 Å². The Balaban J connectivity index is 2.63. The molecule has 0 aromatic heterocycles. The van der Waals surface area contributed by atoms with Crippen molar-refractivity contribution in [2.24, 2.45) is 5.73 Å². The smallest absolute Gasteiger partial charge is 0.111 e. The molecule has 0 aliphatic carbocycles. The van der Waals surface area contributed by atoms with Gasteiger partial charge in [-0.05, 0) is 18.9 Å². The lowest BCUT2D eigenvalue weighted by molar-refractivity contribution is 0.550. The maximum atomic E-state index is 5.55. The lowest BCUT2D eigenvalue weighted by Gasteiger charge is -2.05. The summed E-state index contributed by atoms with van der Waals surface area (Å²) in [6.45, 7) is 4.16. The van der Waals surface area contributed by atoms with Gasteiger partial charge in [-0.2, -0.15) is 0 Å². The predicted octanol–water partition coefficient (Wildman–Crippen LogP) is 0.0630. The molecule has 1 aliphatic heterocycles. The highest BCUT2D eigenvalue weighted by atomic mass is 15.4. The van der Waals surface area contributed by atoms with Crippen molar-refractivity contribution in [3.05, 3.63) is 11.4 Å². The minimum atomic E-state index is 0.435. The van der Waals surface area contributed by atoms with Crippen molar-refractivity contribution in [2.75, 3.05) is 0 Å². The SMILES string of the molecule is CCC1NNC(N)=C1C. The quantitative estimate of drug-likeness (QED) is 0.467. The van der Waals surface area contributed by atoms with Crippen LogP contribution in [0.1, 0.15) is 20.3 Å². The molecule has 0 aromatic carbocycles. The molecule has 1 unspecified atom stereocenters. The van der Waals surface area contributed by atoms with E-state index in [-0.39, 0.29) is 0 Å². The summed E-state index contributed by atoms with van der Waals surface area (Å²) < 4.78 is 0. The number of nitrogens with one attached hydrogen (secondary N) is 2. The van der Waals surface area contributed by atoms with Gasteiger partial charge in [0.2, 0.25) is 0 Å². The van der Waals surface area contributed by atoms with Crippen LogP contribution in [0, 0.1) is 0 Å². The molecular formula is C6H13N3. The van der Waals surface area contributed by atoms with Crippen molar-refractivity contribution in [2.45, 2.75) is 26.3 Å². The second kappa shape index (κ2) is 2.27. The van der Waals surface area contributed by atoms with E-state index in [1.807, 2.05) is 6.92 Å². The van der Waals surface area contributed by atoms with Gasteiger partial charge in [-0.3, -0.25) is 0 Å². The van der Waals surface area contributed by atoms with Gasteiger partial charge in [-0.25, -0.2) is 5.43 Å². The standard InChI is InChI=1S/C6H13N3/c1-3-5-4(2)6(7)9-8-5/h5,8-9H,3,7H2,1-2H3. The van der Waals surface area contributed by atoms with Gasteiger partial charge in [0, 0.05) is 0 Å². The lowest BCUT2D eigenvalue weighted by atomic mass is 10.1. The topological polar surface area (TPSA) is 50.1 Å². The van der Waals surface area contributed by atoms with Gasteiger partial charge < -0.3 is 11.2 Å². The highest BCUT2D eigenvalue weighted by molar-refractivity contribution is 5.17. The van der Waals surface area contributed by atoms with E-state index in [9.17, 15) is 0 Å². The summed E-state index contributed by atoms with van der Waals surface area (Å²) in [4.78, 5) is 0. The van der Waals surface area contributed by atoms with E-state index in [4.69, 9.17) is 5.73 Å². The van der Waals surface area contributed by atoms with Crippen LogP contribution in [0.15, 0.2) is 11.4 Å². The second-order valence-corrected chi connectivity index (χ2v) is 2.33. The molecule has 9 heavy (non-hydrogen) atoms. The third-order valence-electron chi connectivity index (χ3n) is 1.74. The van der Waals surface area contributed by atoms with Gasteiger partial charge >= 0.3 is 0 Å². The molecule has 52 valence electrons. The summed E-state index contributed by atoms with van der Waals surface area (Å²) >= 11 is 0. The molecule has 3 nitrogen and oxygen atoms in total. The third-order valence-corrected chi connectivity index (χ3v) is 1.74. The number of hydrogen-bond donors (Lipinski definition) is 3. The monoisotopic (exact) mass is 127 g/mol. The molecule has 0 bridgehead atoms. The van der Waals surface area contributed by atoms with Crippen molar-refractivity contribution in [3.63, 3.8) is 0 Å². The highest BCUT2D eigenvalue weighted by Gasteiger charge is 2.16. The fourth-order valence-corrected chi connectivity index (χ4v) is 0.968. The van der Waals surface area contributed by atoms with Crippen LogP contribution in [0.4, 0.5) is 0 Å². The second-order valence-electron chi connectivity index (χ2n) is 2.33. The Hall–Kier alpha value is -0.700. The van der Waals surface area contributed by atoms with Crippen molar-refractivity contribution >= 4 is 0 Å². The van der Waals surface area contributed by atoms with Gasteiger partial charge in [0.25, 0.3) is 0 Å². The van der Waals surface area contributed by atoms with Crippen molar-refractivity contribution in [1.29, 1.82) is 0 Å². The van der Waals surface area contributed by atoms with E-state index in [0.29, 0.717) is 6.04 Å². The summed E-state index contributed by atoms with van der Waals surface area (Å²) in [6.07, 6.45) is 1.08. The average molecular weight is 127 g/mol. The van der Waals surface area contributed by atoms with E-state index in [0.717, 1.165) is 12.2 Å². The van der Waals surface area contributed by atoms with Crippen LogP contribution in [0.3, 0.4) is 0 Å². The Morgan fingerprint density at radius 2 is 2.33 bits per heavy atom. The Morgan fingerprint density at radius 3 is 2.56 bits per heavy atom. The molecule has 1 aliphatic rings. The summed E-state index contributed by atoms with van der Waals surface area (Å²) in [7, 11) is 0. The van der Waals surface area contributed by atoms with Gasteiger partial charge in [-0.1, -0.05) is 6.92 Å². The minimum absolute atomic E-state index is 0.435. The first kappa shape index (κ1) is 6.42. The molecule has 4 N–H and O–H groups in total. The van der Waals surface area contributed by atoms with E-state index in [2.05, 4.69) is 17.8 Å². The fraction of sp³-hybridized carbons (Fsp3) is 0.667. The zero-order valence-corrected chi connectivity index (χ0v) is 5.86. The molecule has 1 atom stereocenters. The number of hydrazine groups is 1. The summed E-state index contributed by atoms with van der Waals surface area (Å²) in [5.74, 6) is 0.779. The molecule has 0 aromatic rings. The molecule has 0 fully saturated rings. The van der Waals surface area contributed by atoms with Crippen molar-refractivity contribution in [1.82, 2.24) is 10.9 Å². The fourth-order valence-electron chi connectivity index (χ4n) is 0.968. The van der Waals surface area contributed by atoms with Crippen LogP contribution in [-0.2, 0) is 0 Å². The Bertz CT molecular complexity index is 139. The van der Waals surface area contributed by atoms with E-state index in [1.54, 1.807) is 0 Å². The first-order valence-electron chi connectivity index (χ1n) is 3.23. The molecule has 3 heteroatoms. The highest BCUT2D eigenvalue weighted by Crippen LogP contribution is 2.10. The van der Waals surface area contributed by atoms with Gasteiger partial charge in [-0.15, -0.1) is 0 Å². The minimum Gasteiger partial charge on any atom is -0.384 e. The predicted molar refractivity (Wildman–Crippen MR) is 37.2 cm³/mol. The zero-order valence-electron chi connectivity index (χ0n) is 5.86. The Labute approximate surface area is 55.3 Å². The summed E-state index contributed by atoms with van der Waals surface area (Å²) in [6, 6.07) is 0.435. The van der Waals surface area contributed by atoms with Crippen LogP contribution in [0.5, 0.6) is 0 Å². The summed E-state index contributed by atoms with van der Waals surface area (Å²) in [5, 5.41) is 0. The van der Waals surface area contributed by atoms with Crippen LogP contribution >= 0.6 is 0 Å². The van der Waals surface area contributed by atoms with Crippen LogP contribution < -0.4 is 16.6 Å². The van der Waals surface area contributed by atoms with Gasteiger partial charge in [0.1, 0.15) is 5.82 Å². The molecule has 0 saturated carbocycles. The first-order valence-corrected chi connectivity index (χ1v) is 3.23. The molecule has 1 rings (SSSR count). The average Bonchev–Trinajstić information content (AvgIpc) is 2.15. The first-order chi connectivity index (χ1) is 4.25. The molecular weight excluding hydrogens is 114 g/mol. The number of rotatable bonds is 1. The maximum absolute atomic E-state index is 5.55. The Morgan fingerprint density at radius 1 is 1.67 bits per heavy atom. The van der Waals surface area contributed by atoms with E-state index < -0.39 is 0 Å². The molecule has 0 amide bonds. The van der Waals surface area contributed by atoms with Crippen LogP contribution in [-0.4, -0.2) is 6.04 Å². The van der Waals surface area contributed by atoms with E-state index >= 15 is 0 Å². The molecule has 0 radical (unpaired) electrons. The normalized spacial score (nSPS) is 26.7.